The summed E-state index contributed by atoms with van der Waals surface area (Å²) in [5.41, 5.74) is 6.74. The number of anilines is 1. The molecule has 1 aliphatic rings. The number of amides is 1. The standard InChI is InChI=1S/C14H21N3O/c1-11(15)12-7-8-17(9-12)10-14(18)16-13-5-3-2-4-6-13/h2-6,11-12H,7-10,15H2,1H3,(H,16,18). The summed E-state index contributed by atoms with van der Waals surface area (Å²) < 4.78 is 0. The summed E-state index contributed by atoms with van der Waals surface area (Å²) in [5.74, 6) is 0.570. The van der Waals surface area contributed by atoms with Crippen molar-refractivity contribution in [3.63, 3.8) is 0 Å². The molecule has 0 aromatic heterocycles. The summed E-state index contributed by atoms with van der Waals surface area (Å²) in [6.07, 6.45) is 1.09. The van der Waals surface area contributed by atoms with Crippen LogP contribution in [0.25, 0.3) is 0 Å². The fourth-order valence-corrected chi connectivity index (χ4v) is 2.36. The lowest BCUT2D eigenvalue weighted by atomic mass is 10.0. The molecule has 18 heavy (non-hydrogen) atoms. The van der Waals surface area contributed by atoms with Crippen LogP contribution in [0.1, 0.15) is 13.3 Å². The van der Waals surface area contributed by atoms with Crippen molar-refractivity contribution >= 4 is 11.6 Å². The van der Waals surface area contributed by atoms with Crippen LogP contribution in [-0.4, -0.2) is 36.5 Å². The Bertz CT molecular complexity index is 391. The molecule has 1 heterocycles. The van der Waals surface area contributed by atoms with Gasteiger partial charge in [0, 0.05) is 18.3 Å². The summed E-state index contributed by atoms with van der Waals surface area (Å²) in [6.45, 7) is 4.39. The minimum absolute atomic E-state index is 0.0477. The Labute approximate surface area is 108 Å². The number of hydrogen-bond acceptors (Lipinski definition) is 3. The third-order valence-electron chi connectivity index (χ3n) is 3.48. The van der Waals surface area contributed by atoms with Gasteiger partial charge in [0.25, 0.3) is 0 Å². The lowest BCUT2D eigenvalue weighted by Crippen LogP contribution is -2.34. The van der Waals surface area contributed by atoms with Crippen molar-refractivity contribution in [1.29, 1.82) is 0 Å². The molecular formula is C14H21N3O. The fourth-order valence-electron chi connectivity index (χ4n) is 2.36. The second kappa shape index (κ2) is 5.98. The van der Waals surface area contributed by atoms with Crippen LogP contribution in [0.2, 0.25) is 0 Å². The first-order valence-corrected chi connectivity index (χ1v) is 6.48. The van der Waals surface area contributed by atoms with Gasteiger partial charge in [-0.3, -0.25) is 9.69 Å². The molecule has 2 rings (SSSR count). The highest BCUT2D eigenvalue weighted by atomic mass is 16.2. The van der Waals surface area contributed by atoms with Crippen molar-refractivity contribution in [2.75, 3.05) is 25.0 Å². The predicted molar refractivity (Wildman–Crippen MR) is 73.3 cm³/mol. The van der Waals surface area contributed by atoms with Crippen LogP contribution in [-0.2, 0) is 4.79 Å². The molecule has 0 aliphatic carbocycles. The van der Waals surface area contributed by atoms with Gasteiger partial charge in [0.2, 0.25) is 5.91 Å². The average Bonchev–Trinajstić information content (AvgIpc) is 2.78. The van der Waals surface area contributed by atoms with Crippen molar-refractivity contribution in [3.05, 3.63) is 30.3 Å². The van der Waals surface area contributed by atoms with E-state index >= 15 is 0 Å². The molecule has 2 unspecified atom stereocenters. The molecule has 98 valence electrons. The van der Waals surface area contributed by atoms with Gasteiger partial charge in [-0.2, -0.15) is 0 Å². The van der Waals surface area contributed by atoms with Gasteiger partial charge >= 0.3 is 0 Å². The van der Waals surface area contributed by atoms with Crippen molar-refractivity contribution in [2.45, 2.75) is 19.4 Å². The highest BCUT2D eigenvalue weighted by molar-refractivity contribution is 5.92. The Morgan fingerprint density at radius 2 is 2.22 bits per heavy atom. The molecule has 1 amide bonds. The molecule has 3 N–H and O–H groups in total. The van der Waals surface area contributed by atoms with E-state index in [0.717, 1.165) is 25.2 Å². The molecule has 0 bridgehead atoms. The first kappa shape index (κ1) is 13.1. The Balaban J connectivity index is 1.79. The molecule has 1 saturated heterocycles. The number of benzene rings is 1. The SMILES string of the molecule is CC(N)C1CCN(CC(=O)Nc2ccccc2)C1. The number of nitrogens with one attached hydrogen (secondary N) is 1. The Morgan fingerprint density at radius 3 is 2.83 bits per heavy atom. The van der Waals surface area contributed by atoms with E-state index in [1.54, 1.807) is 0 Å². The summed E-state index contributed by atoms with van der Waals surface area (Å²) in [4.78, 5) is 14.0. The maximum Gasteiger partial charge on any atom is 0.238 e. The van der Waals surface area contributed by atoms with Gasteiger partial charge in [-0.15, -0.1) is 0 Å². The molecule has 0 radical (unpaired) electrons. The van der Waals surface area contributed by atoms with Crippen LogP contribution in [0.4, 0.5) is 5.69 Å². The minimum Gasteiger partial charge on any atom is -0.328 e. The van der Waals surface area contributed by atoms with Crippen molar-refractivity contribution < 1.29 is 4.79 Å². The maximum atomic E-state index is 11.9. The first-order chi connectivity index (χ1) is 8.65. The van der Waals surface area contributed by atoms with E-state index in [1.165, 1.54) is 0 Å². The number of carbonyl (C=O) groups is 1. The largest absolute Gasteiger partial charge is 0.328 e. The molecule has 1 fully saturated rings. The lowest BCUT2D eigenvalue weighted by molar-refractivity contribution is -0.117. The molecule has 0 saturated carbocycles. The van der Waals surface area contributed by atoms with E-state index in [-0.39, 0.29) is 11.9 Å². The van der Waals surface area contributed by atoms with E-state index in [2.05, 4.69) is 10.2 Å². The highest BCUT2D eigenvalue weighted by Crippen LogP contribution is 2.18. The Morgan fingerprint density at radius 1 is 1.50 bits per heavy atom. The van der Waals surface area contributed by atoms with Gasteiger partial charge < -0.3 is 11.1 Å². The number of carbonyl (C=O) groups excluding carboxylic acids is 1. The smallest absolute Gasteiger partial charge is 0.238 e. The third kappa shape index (κ3) is 3.55. The molecule has 1 aromatic carbocycles. The Kier molecular flexibility index (Phi) is 4.33. The van der Waals surface area contributed by atoms with Gasteiger partial charge in [-0.25, -0.2) is 0 Å². The molecule has 1 aromatic rings. The highest BCUT2D eigenvalue weighted by Gasteiger charge is 2.26. The zero-order chi connectivity index (χ0) is 13.0. The van der Waals surface area contributed by atoms with E-state index in [0.29, 0.717) is 12.5 Å². The van der Waals surface area contributed by atoms with Crippen LogP contribution >= 0.6 is 0 Å². The normalized spacial score (nSPS) is 21.8. The van der Waals surface area contributed by atoms with Crippen molar-refractivity contribution in [1.82, 2.24) is 4.90 Å². The summed E-state index contributed by atoms with van der Waals surface area (Å²) in [5, 5.41) is 2.90. The van der Waals surface area contributed by atoms with Gasteiger partial charge in [-0.05, 0) is 37.9 Å². The summed E-state index contributed by atoms with van der Waals surface area (Å²) in [6, 6.07) is 9.77. The lowest BCUT2D eigenvalue weighted by Gasteiger charge is -2.17. The van der Waals surface area contributed by atoms with Gasteiger partial charge in [0.05, 0.1) is 6.54 Å². The average molecular weight is 247 g/mol. The number of likely N-dealkylation sites (tertiary alicyclic amines) is 1. The molecule has 0 spiro atoms. The minimum atomic E-state index is 0.0477. The first-order valence-electron chi connectivity index (χ1n) is 6.48. The second-order valence-electron chi connectivity index (χ2n) is 5.06. The maximum absolute atomic E-state index is 11.9. The zero-order valence-corrected chi connectivity index (χ0v) is 10.8. The van der Waals surface area contributed by atoms with E-state index in [9.17, 15) is 4.79 Å². The second-order valence-corrected chi connectivity index (χ2v) is 5.06. The van der Waals surface area contributed by atoms with Crippen LogP contribution in [0.3, 0.4) is 0 Å². The molecule has 2 atom stereocenters. The summed E-state index contributed by atoms with van der Waals surface area (Å²) >= 11 is 0. The van der Waals surface area contributed by atoms with Gasteiger partial charge in [0.1, 0.15) is 0 Å². The van der Waals surface area contributed by atoms with Crippen molar-refractivity contribution in [2.24, 2.45) is 11.7 Å². The summed E-state index contributed by atoms with van der Waals surface area (Å²) in [7, 11) is 0. The van der Waals surface area contributed by atoms with Crippen LogP contribution < -0.4 is 11.1 Å². The third-order valence-corrected chi connectivity index (χ3v) is 3.48. The quantitative estimate of drug-likeness (QED) is 0.843. The van der Waals surface area contributed by atoms with Crippen molar-refractivity contribution in [3.8, 4) is 0 Å². The van der Waals surface area contributed by atoms with Crippen LogP contribution in [0, 0.1) is 5.92 Å². The topological polar surface area (TPSA) is 58.4 Å². The molecule has 1 aliphatic heterocycles. The van der Waals surface area contributed by atoms with Crippen LogP contribution in [0.5, 0.6) is 0 Å². The zero-order valence-electron chi connectivity index (χ0n) is 10.8. The number of nitrogens with two attached hydrogens (primary N) is 1. The van der Waals surface area contributed by atoms with Gasteiger partial charge in [-0.1, -0.05) is 18.2 Å². The molecule has 4 nitrogen and oxygen atoms in total. The number of hydrogen-bond donors (Lipinski definition) is 2. The van der Waals surface area contributed by atoms with Gasteiger partial charge in [0.15, 0.2) is 0 Å². The number of nitrogens with zero attached hydrogens (tertiary/aromatic N) is 1. The van der Waals surface area contributed by atoms with E-state index in [1.807, 2.05) is 37.3 Å². The Hall–Kier alpha value is -1.39. The molecular weight excluding hydrogens is 226 g/mol. The predicted octanol–water partition coefficient (Wildman–Crippen LogP) is 1.29. The fraction of sp³-hybridized carbons (Fsp3) is 0.500. The number of para-hydroxylation sites is 1. The monoisotopic (exact) mass is 247 g/mol. The van der Waals surface area contributed by atoms with E-state index in [4.69, 9.17) is 5.73 Å². The molecule has 4 heteroatoms. The number of rotatable bonds is 4. The van der Waals surface area contributed by atoms with E-state index < -0.39 is 0 Å². The van der Waals surface area contributed by atoms with Crippen LogP contribution in [0.15, 0.2) is 30.3 Å².